The van der Waals surface area contributed by atoms with Crippen molar-refractivity contribution >= 4 is 27.5 Å². The van der Waals surface area contributed by atoms with E-state index in [2.05, 4.69) is 10.0 Å². The van der Waals surface area contributed by atoms with Crippen LogP contribution in [0.25, 0.3) is 0 Å². The molecule has 0 aliphatic heterocycles. The molecule has 2 aromatic carbocycles. The second-order valence-electron chi connectivity index (χ2n) is 6.99. The standard InChI is InChI=1S/C19H23ClN2O4S/c1-19(2,3)22-18(23)13-26-17-10-9-15(11-16(17)20)27(24,25)21-12-14-7-5-4-6-8-14/h4-11,21H,12-13H2,1-3H3,(H,22,23). The van der Waals surface area contributed by atoms with Crippen LogP contribution in [0.1, 0.15) is 26.3 Å². The molecule has 2 N–H and O–H groups in total. The number of rotatable bonds is 7. The Balaban J connectivity index is 2.01. The van der Waals surface area contributed by atoms with Gasteiger partial charge in [0, 0.05) is 12.1 Å². The number of benzene rings is 2. The molecule has 0 spiro atoms. The molecule has 27 heavy (non-hydrogen) atoms. The summed E-state index contributed by atoms with van der Waals surface area (Å²) in [6.45, 7) is 5.54. The first kappa shape index (κ1) is 21.2. The number of hydrogen-bond donors (Lipinski definition) is 2. The molecular weight excluding hydrogens is 388 g/mol. The molecule has 0 heterocycles. The van der Waals surface area contributed by atoms with Crippen molar-refractivity contribution in [3.05, 3.63) is 59.1 Å². The van der Waals surface area contributed by atoms with E-state index in [-0.39, 0.29) is 40.3 Å². The van der Waals surface area contributed by atoms with Gasteiger partial charge in [-0.15, -0.1) is 0 Å². The van der Waals surface area contributed by atoms with Crippen molar-refractivity contribution in [2.75, 3.05) is 6.61 Å². The van der Waals surface area contributed by atoms with Crippen molar-refractivity contribution in [1.82, 2.24) is 10.0 Å². The largest absolute Gasteiger partial charge is 0.482 e. The normalized spacial score (nSPS) is 11.9. The predicted molar refractivity (Wildman–Crippen MR) is 105 cm³/mol. The minimum absolute atomic E-state index is 0.0231. The predicted octanol–water partition coefficient (Wildman–Crippen LogP) is 3.11. The number of hydrogen-bond acceptors (Lipinski definition) is 4. The fourth-order valence-electron chi connectivity index (χ4n) is 2.22. The smallest absolute Gasteiger partial charge is 0.258 e. The van der Waals surface area contributed by atoms with Gasteiger partial charge in [-0.2, -0.15) is 0 Å². The first-order valence-electron chi connectivity index (χ1n) is 8.34. The highest BCUT2D eigenvalue weighted by molar-refractivity contribution is 7.89. The quantitative estimate of drug-likeness (QED) is 0.734. The zero-order chi connectivity index (χ0) is 20.1. The van der Waals surface area contributed by atoms with Crippen molar-refractivity contribution in [1.29, 1.82) is 0 Å². The fourth-order valence-corrected chi connectivity index (χ4v) is 3.56. The number of carbonyl (C=O) groups excluding carboxylic acids is 1. The molecule has 0 saturated carbocycles. The van der Waals surface area contributed by atoms with Crippen LogP contribution in [0, 0.1) is 0 Å². The lowest BCUT2D eigenvalue weighted by molar-refractivity contribution is -0.124. The Bertz CT molecular complexity index is 894. The van der Waals surface area contributed by atoms with Crippen LogP contribution in [0.5, 0.6) is 5.75 Å². The number of halogens is 1. The SMILES string of the molecule is CC(C)(C)NC(=O)COc1ccc(S(=O)(=O)NCc2ccccc2)cc1Cl. The second kappa shape index (κ2) is 8.73. The van der Waals surface area contributed by atoms with Gasteiger partial charge in [0.2, 0.25) is 10.0 Å². The van der Waals surface area contributed by atoms with Crippen molar-refractivity contribution < 1.29 is 17.9 Å². The third kappa shape index (κ3) is 6.86. The molecule has 2 aromatic rings. The maximum atomic E-state index is 12.4. The summed E-state index contributed by atoms with van der Waals surface area (Å²) in [7, 11) is -3.72. The summed E-state index contributed by atoms with van der Waals surface area (Å²) in [6.07, 6.45) is 0. The molecule has 1 amide bonds. The third-order valence-electron chi connectivity index (χ3n) is 3.40. The van der Waals surface area contributed by atoms with Crippen LogP contribution in [0.3, 0.4) is 0 Å². The van der Waals surface area contributed by atoms with Gasteiger partial charge in [-0.1, -0.05) is 41.9 Å². The Morgan fingerprint density at radius 1 is 1.11 bits per heavy atom. The van der Waals surface area contributed by atoms with Gasteiger partial charge in [-0.3, -0.25) is 4.79 Å². The molecule has 2 rings (SSSR count). The molecule has 0 aliphatic rings. The van der Waals surface area contributed by atoms with E-state index in [9.17, 15) is 13.2 Å². The van der Waals surface area contributed by atoms with E-state index in [0.29, 0.717) is 0 Å². The van der Waals surface area contributed by atoms with E-state index < -0.39 is 10.0 Å². The van der Waals surface area contributed by atoms with Crippen molar-refractivity contribution in [3.63, 3.8) is 0 Å². The Morgan fingerprint density at radius 2 is 1.78 bits per heavy atom. The summed E-state index contributed by atoms with van der Waals surface area (Å²) in [5.74, 6) is -0.0532. The minimum Gasteiger partial charge on any atom is -0.482 e. The molecule has 6 nitrogen and oxygen atoms in total. The van der Waals surface area contributed by atoms with Crippen LogP contribution in [-0.2, 0) is 21.4 Å². The van der Waals surface area contributed by atoms with E-state index in [1.807, 2.05) is 51.1 Å². The van der Waals surface area contributed by atoms with E-state index in [4.69, 9.17) is 16.3 Å². The molecule has 0 aromatic heterocycles. The van der Waals surface area contributed by atoms with Crippen LogP contribution < -0.4 is 14.8 Å². The third-order valence-corrected chi connectivity index (χ3v) is 5.09. The van der Waals surface area contributed by atoms with Gasteiger partial charge in [0.1, 0.15) is 5.75 Å². The Morgan fingerprint density at radius 3 is 2.37 bits per heavy atom. The Hall–Kier alpha value is -2.09. The van der Waals surface area contributed by atoms with Crippen LogP contribution in [0.4, 0.5) is 0 Å². The van der Waals surface area contributed by atoms with Crippen molar-refractivity contribution in [2.45, 2.75) is 37.8 Å². The van der Waals surface area contributed by atoms with Crippen molar-refractivity contribution in [2.24, 2.45) is 0 Å². The summed E-state index contributed by atoms with van der Waals surface area (Å²) >= 11 is 6.12. The first-order valence-corrected chi connectivity index (χ1v) is 10.2. The molecule has 146 valence electrons. The van der Waals surface area contributed by atoms with Gasteiger partial charge in [0.05, 0.1) is 9.92 Å². The highest BCUT2D eigenvalue weighted by atomic mass is 35.5. The number of nitrogens with one attached hydrogen (secondary N) is 2. The number of carbonyl (C=O) groups is 1. The molecule has 0 fully saturated rings. The van der Waals surface area contributed by atoms with Gasteiger partial charge < -0.3 is 10.1 Å². The number of amides is 1. The molecule has 0 aliphatic carbocycles. The van der Waals surface area contributed by atoms with Crippen molar-refractivity contribution in [3.8, 4) is 5.75 Å². The van der Waals surface area contributed by atoms with Gasteiger partial charge in [-0.05, 0) is 44.5 Å². The summed E-state index contributed by atoms with van der Waals surface area (Å²) < 4.78 is 32.7. The van der Waals surface area contributed by atoms with E-state index >= 15 is 0 Å². The summed E-state index contributed by atoms with van der Waals surface area (Å²) in [4.78, 5) is 11.8. The van der Waals surface area contributed by atoms with Gasteiger partial charge in [0.15, 0.2) is 6.61 Å². The molecule has 0 unspecified atom stereocenters. The lowest BCUT2D eigenvalue weighted by Gasteiger charge is -2.20. The second-order valence-corrected chi connectivity index (χ2v) is 9.16. The zero-order valence-electron chi connectivity index (χ0n) is 15.5. The van der Waals surface area contributed by atoms with Gasteiger partial charge >= 0.3 is 0 Å². The number of ether oxygens (including phenoxy) is 1. The van der Waals surface area contributed by atoms with Crippen LogP contribution >= 0.6 is 11.6 Å². The van der Waals surface area contributed by atoms with Crippen LogP contribution in [0.15, 0.2) is 53.4 Å². The maximum Gasteiger partial charge on any atom is 0.258 e. The topological polar surface area (TPSA) is 84.5 Å². The van der Waals surface area contributed by atoms with E-state index in [1.165, 1.54) is 18.2 Å². The molecule has 0 bridgehead atoms. The average Bonchev–Trinajstić information content (AvgIpc) is 2.58. The summed E-state index contributed by atoms with van der Waals surface area (Å²) in [6, 6.07) is 13.3. The number of sulfonamides is 1. The fraction of sp³-hybridized carbons (Fsp3) is 0.316. The van der Waals surface area contributed by atoms with E-state index in [1.54, 1.807) is 0 Å². The Labute approximate surface area is 164 Å². The van der Waals surface area contributed by atoms with Crippen LogP contribution in [-0.4, -0.2) is 26.5 Å². The molecular formula is C19H23ClN2O4S. The lowest BCUT2D eigenvalue weighted by Crippen LogP contribution is -2.43. The summed E-state index contributed by atoms with van der Waals surface area (Å²) in [5, 5.41) is 2.88. The first-order chi connectivity index (χ1) is 12.6. The van der Waals surface area contributed by atoms with E-state index in [0.717, 1.165) is 5.56 Å². The monoisotopic (exact) mass is 410 g/mol. The average molecular weight is 411 g/mol. The lowest BCUT2D eigenvalue weighted by atomic mass is 10.1. The maximum absolute atomic E-state index is 12.4. The van der Waals surface area contributed by atoms with Gasteiger partial charge in [-0.25, -0.2) is 13.1 Å². The summed E-state index contributed by atoms with van der Waals surface area (Å²) in [5.41, 5.74) is 0.476. The highest BCUT2D eigenvalue weighted by Gasteiger charge is 2.17. The molecule has 0 saturated heterocycles. The molecule has 8 heteroatoms. The zero-order valence-corrected chi connectivity index (χ0v) is 17.0. The molecule has 0 radical (unpaired) electrons. The molecule has 0 atom stereocenters. The minimum atomic E-state index is -3.72. The Kier molecular flexibility index (Phi) is 6.86. The van der Waals surface area contributed by atoms with Crippen LogP contribution in [0.2, 0.25) is 5.02 Å². The van der Waals surface area contributed by atoms with Gasteiger partial charge in [0.25, 0.3) is 5.91 Å². The highest BCUT2D eigenvalue weighted by Crippen LogP contribution is 2.27.